The van der Waals surface area contributed by atoms with Crippen LogP contribution in [0.5, 0.6) is 17.2 Å². The number of hydrogen-bond acceptors (Lipinski definition) is 9. The molecule has 11 heteroatoms. The van der Waals surface area contributed by atoms with Crippen LogP contribution in [0.4, 0.5) is 5.69 Å². The van der Waals surface area contributed by atoms with Crippen LogP contribution in [0.15, 0.2) is 71.3 Å². The number of Topliss-reactive ketones (excluding diaryl/α,β-unsaturated/α-hetero) is 1. The zero-order chi connectivity index (χ0) is 35.3. The van der Waals surface area contributed by atoms with Gasteiger partial charge in [0.1, 0.15) is 17.1 Å². The second-order valence-electron chi connectivity index (χ2n) is 11.7. The highest BCUT2D eigenvalue weighted by Gasteiger charge is 2.21. The number of nitrogens with zero attached hydrogens (tertiary/aromatic N) is 1. The fraction of sp³-hybridized carbons (Fsp3) is 0.342. The summed E-state index contributed by atoms with van der Waals surface area (Å²) in [7, 11) is 1.45. The third-order valence-electron chi connectivity index (χ3n) is 7.94. The molecule has 3 aromatic carbocycles. The summed E-state index contributed by atoms with van der Waals surface area (Å²) in [5, 5.41) is 9.34. The predicted molar refractivity (Wildman–Crippen MR) is 185 cm³/mol. The topological polar surface area (TPSA) is 146 Å². The van der Waals surface area contributed by atoms with E-state index in [-0.39, 0.29) is 23.9 Å². The minimum Gasteiger partial charge on any atom is -0.494 e. The SMILES string of the molecule is CCCCCCCOc1ccc(C(=O)Oc2ccc(CC(NC(=O)c3ccc(NC(=O)c4c(C)noc4C)cc3)C(C)=O)cc2OC)cc1. The summed E-state index contributed by atoms with van der Waals surface area (Å²) in [6.45, 7) is 7.54. The number of methoxy groups -OCH3 is 1. The Balaban J connectivity index is 1.33. The molecule has 0 spiro atoms. The van der Waals surface area contributed by atoms with E-state index in [0.29, 0.717) is 57.5 Å². The molecule has 0 aliphatic rings. The van der Waals surface area contributed by atoms with Crippen molar-refractivity contribution in [2.45, 2.75) is 72.3 Å². The molecule has 1 unspecified atom stereocenters. The van der Waals surface area contributed by atoms with Gasteiger partial charge in [0.05, 0.1) is 31.0 Å². The summed E-state index contributed by atoms with van der Waals surface area (Å²) >= 11 is 0. The number of anilines is 1. The second-order valence-corrected chi connectivity index (χ2v) is 11.7. The van der Waals surface area contributed by atoms with Crippen LogP contribution in [-0.4, -0.2) is 48.5 Å². The number of ether oxygens (including phenoxy) is 3. The van der Waals surface area contributed by atoms with Gasteiger partial charge in [-0.15, -0.1) is 0 Å². The Morgan fingerprint density at radius 1 is 0.837 bits per heavy atom. The molecule has 0 bridgehead atoms. The monoisotopic (exact) mass is 669 g/mol. The van der Waals surface area contributed by atoms with Gasteiger partial charge in [-0.3, -0.25) is 14.4 Å². The van der Waals surface area contributed by atoms with E-state index in [1.54, 1.807) is 80.6 Å². The third kappa shape index (κ3) is 10.3. The standard InChI is InChI=1S/C38H43N3O8/c1-6-7-8-9-10-21-47-31-18-14-29(15-19-31)38(45)48-33-20-11-27(23-34(33)46-5)22-32(25(3)42)40-36(43)28-12-16-30(17-13-28)39-37(44)35-24(2)41-49-26(35)4/h11-20,23,32H,6-10,21-22H2,1-5H3,(H,39,44)(H,40,43). The molecule has 2 amide bonds. The highest BCUT2D eigenvalue weighted by Crippen LogP contribution is 2.30. The first-order valence-corrected chi connectivity index (χ1v) is 16.4. The van der Waals surface area contributed by atoms with Crippen LogP contribution in [0.2, 0.25) is 0 Å². The van der Waals surface area contributed by atoms with Crippen molar-refractivity contribution in [2.75, 3.05) is 19.0 Å². The van der Waals surface area contributed by atoms with Crippen LogP contribution in [0.1, 0.15) is 94.0 Å². The number of aryl methyl sites for hydroxylation is 2. The highest BCUT2D eigenvalue weighted by molar-refractivity contribution is 6.06. The molecular formula is C38H43N3O8. The van der Waals surface area contributed by atoms with Crippen molar-refractivity contribution >= 4 is 29.3 Å². The average molecular weight is 670 g/mol. The van der Waals surface area contributed by atoms with Crippen molar-refractivity contribution in [2.24, 2.45) is 0 Å². The molecule has 49 heavy (non-hydrogen) atoms. The molecule has 0 saturated heterocycles. The van der Waals surface area contributed by atoms with Crippen molar-refractivity contribution in [1.82, 2.24) is 10.5 Å². The van der Waals surface area contributed by atoms with Gasteiger partial charge < -0.3 is 29.4 Å². The van der Waals surface area contributed by atoms with Gasteiger partial charge >= 0.3 is 5.97 Å². The van der Waals surface area contributed by atoms with Gasteiger partial charge in [0.15, 0.2) is 17.3 Å². The number of esters is 1. The van der Waals surface area contributed by atoms with E-state index in [9.17, 15) is 19.2 Å². The van der Waals surface area contributed by atoms with Crippen LogP contribution in [0.25, 0.3) is 0 Å². The number of benzene rings is 3. The Morgan fingerprint density at radius 3 is 2.16 bits per heavy atom. The molecule has 4 aromatic rings. The van der Waals surface area contributed by atoms with Gasteiger partial charge in [-0.1, -0.05) is 43.8 Å². The average Bonchev–Trinajstić information content (AvgIpc) is 3.44. The molecular weight excluding hydrogens is 626 g/mol. The highest BCUT2D eigenvalue weighted by atomic mass is 16.6. The second kappa shape index (κ2) is 17.6. The number of unbranched alkanes of at least 4 members (excludes halogenated alkanes) is 4. The Labute approximate surface area is 286 Å². The van der Waals surface area contributed by atoms with Crippen LogP contribution in [0.3, 0.4) is 0 Å². The lowest BCUT2D eigenvalue weighted by Gasteiger charge is -2.17. The number of nitrogens with one attached hydrogen (secondary N) is 2. The minimum atomic E-state index is -0.832. The van der Waals surface area contributed by atoms with Gasteiger partial charge in [0.25, 0.3) is 11.8 Å². The maximum absolute atomic E-state index is 13.1. The van der Waals surface area contributed by atoms with Crippen LogP contribution < -0.4 is 24.8 Å². The quantitative estimate of drug-likeness (QED) is 0.0686. The first-order valence-electron chi connectivity index (χ1n) is 16.4. The summed E-state index contributed by atoms with van der Waals surface area (Å²) in [5.74, 6) is -0.00408. The van der Waals surface area contributed by atoms with Crippen LogP contribution in [0, 0.1) is 13.8 Å². The summed E-state index contributed by atoms with van der Waals surface area (Å²) in [6.07, 6.45) is 5.93. The Morgan fingerprint density at radius 2 is 1.53 bits per heavy atom. The Bertz CT molecular complexity index is 1730. The van der Waals surface area contributed by atoms with Gasteiger partial charge in [-0.25, -0.2) is 4.79 Å². The summed E-state index contributed by atoms with van der Waals surface area (Å²) in [4.78, 5) is 51.1. The smallest absolute Gasteiger partial charge is 0.343 e. The van der Waals surface area contributed by atoms with E-state index in [1.165, 1.54) is 33.3 Å². The molecule has 4 rings (SSSR count). The first kappa shape index (κ1) is 36.4. The predicted octanol–water partition coefficient (Wildman–Crippen LogP) is 7.05. The molecule has 258 valence electrons. The molecule has 0 fully saturated rings. The van der Waals surface area contributed by atoms with Crippen LogP contribution >= 0.6 is 0 Å². The van der Waals surface area contributed by atoms with Crippen LogP contribution in [-0.2, 0) is 11.2 Å². The minimum absolute atomic E-state index is 0.178. The maximum atomic E-state index is 13.1. The molecule has 2 N–H and O–H groups in total. The molecule has 1 atom stereocenters. The third-order valence-corrected chi connectivity index (χ3v) is 7.94. The normalized spacial score (nSPS) is 11.4. The van der Waals surface area contributed by atoms with E-state index >= 15 is 0 Å². The van der Waals surface area contributed by atoms with Gasteiger partial charge in [-0.2, -0.15) is 0 Å². The van der Waals surface area contributed by atoms with Crippen molar-refractivity contribution in [3.8, 4) is 17.2 Å². The molecule has 0 aliphatic heterocycles. The lowest BCUT2D eigenvalue weighted by molar-refractivity contribution is -0.118. The largest absolute Gasteiger partial charge is 0.494 e. The number of carbonyl (C=O) groups is 4. The number of amides is 2. The molecule has 0 aliphatic carbocycles. The number of aromatic nitrogens is 1. The first-order chi connectivity index (χ1) is 23.6. The molecule has 11 nitrogen and oxygen atoms in total. The molecule has 0 radical (unpaired) electrons. The summed E-state index contributed by atoms with van der Waals surface area (Å²) < 4.78 is 21.9. The fourth-order valence-electron chi connectivity index (χ4n) is 5.14. The Hall–Kier alpha value is -5.45. The molecule has 1 aromatic heterocycles. The van der Waals surface area contributed by atoms with Gasteiger partial charge in [0.2, 0.25) is 0 Å². The van der Waals surface area contributed by atoms with E-state index in [0.717, 1.165) is 12.8 Å². The Kier molecular flexibility index (Phi) is 13.1. The fourth-order valence-corrected chi connectivity index (χ4v) is 5.14. The molecule has 1 heterocycles. The van der Waals surface area contributed by atoms with Crippen molar-refractivity contribution < 1.29 is 37.9 Å². The lowest BCUT2D eigenvalue weighted by atomic mass is 10.0. The van der Waals surface area contributed by atoms with E-state index in [4.69, 9.17) is 18.7 Å². The zero-order valence-electron chi connectivity index (χ0n) is 28.6. The van der Waals surface area contributed by atoms with E-state index < -0.39 is 17.9 Å². The van der Waals surface area contributed by atoms with Crippen molar-refractivity contribution in [3.05, 3.63) is 100 Å². The van der Waals surface area contributed by atoms with Gasteiger partial charge in [0, 0.05) is 11.3 Å². The molecule has 0 saturated carbocycles. The number of rotatable bonds is 17. The number of carbonyl (C=O) groups excluding carboxylic acids is 4. The zero-order valence-corrected chi connectivity index (χ0v) is 28.6. The number of hydrogen-bond donors (Lipinski definition) is 2. The lowest BCUT2D eigenvalue weighted by Crippen LogP contribution is -2.41. The van der Waals surface area contributed by atoms with E-state index in [2.05, 4.69) is 22.7 Å². The summed E-state index contributed by atoms with van der Waals surface area (Å²) in [6, 6.07) is 17.2. The maximum Gasteiger partial charge on any atom is 0.343 e. The van der Waals surface area contributed by atoms with Crippen molar-refractivity contribution in [3.63, 3.8) is 0 Å². The van der Waals surface area contributed by atoms with E-state index in [1.807, 2.05) is 0 Å². The van der Waals surface area contributed by atoms with Crippen molar-refractivity contribution in [1.29, 1.82) is 0 Å². The van der Waals surface area contributed by atoms with Gasteiger partial charge in [-0.05, 0) is 99.8 Å². The summed E-state index contributed by atoms with van der Waals surface area (Å²) in [5.41, 5.74) is 2.66. The number of ketones is 1.